The van der Waals surface area contributed by atoms with Crippen molar-refractivity contribution in [3.8, 4) is 5.75 Å². The maximum Gasteiger partial charge on any atom is 0.220 e. The van der Waals surface area contributed by atoms with Gasteiger partial charge in [0.2, 0.25) is 5.91 Å². The van der Waals surface area contributed by atoms with Gasteiger partial charge in [-0.3, -0.25) is 4.79 Å². The first-order valence-corrected chi connectivity index (χ1v) is 9.25. The first kappa shape index (κ1) is 18.5. The number of hydrogen-bond donors (Lipinski definition) is 0. The first-order valence-electron chi connectivity index (χ1n) is 9.25. The normalized spacial score (nSPS) is 16.5. The Kier molecular flexibility index (Phi) is 5.94. The number of carbonyl (C=O) groups excluding carboxylic acids is 1. The number of benzene rings is 2. The Morgan fingerprint density at radius 3 is 2.65 bits per heavy atom. The third kappa shape index (κ3) is 4.07. The molecular weight excluding hydrogens is 324 g/mol. The second-order valence-electron chi connectivity index (χ2n) is 7.00. The quantitative estimate of drug-likeness (QED) is 0.800. The Hall–Kier alpha value is -2.33. The minimum Gasteiger partial charge on any atom is -0.496 e. The fourth-order valence-electron chi connectivity index (χ4n) is 3.83. The number of hydrogen-bond acceptors (Lipinski definition) is 3. The summed E-state index contributed by atoms with van der Waals surface area (Å²) in [6.07, 6.45) is 1.86. The summed E-state index contributed by atoms with van der Waals surface area (Å²) in [5, 5.41) is 0. The molecule has 2 aromatic carbocycles. The van der Waals surface area contributed by atoms with Gasteiger partial charge in [-0.05, 0) is 37.1 Å². The number of fused-ring (bicyclic) bond motifs is 1. The summed E-state index contributed by atoms with van der Waals surface area (Å²) in [5.74, 6) is 1.07. The zero-order valence-corrected chi connectivity index (χ0v) is 15.9. The van der Waals surface area contributed by atoms with Crippen LogP contribution in [0.2, 0.25) is 0 Å². The molecule has 4 heteroatoms. The lowest BCUT2D eigenvalue weighted by Crippen LogP contribution is -2.44. The van der Waals surface area contributed by atoms with Crippen molar-refractivity contribution in [1.82, 2.24) is 9.80 Å². The molecule has 1 aliphatic rings. The molecule has 0 aromatic heterocycles. The van der Waals surface area contributed by atoms with Gasteiger partial charge >= 0.3 is 0 Å². The maximum atomic E-state index is 12.2. The third-order valence-corrected chi connectivity index (χ3v) is 5.24. The molecule has 0 saturated carbocycles. The van der Waals surface area contributed by atoms with Crippen LogP contribution in [0.25, 0.3) is 0 Å². The van der Waals surface area contributed by atoms with Crippen LogP contribution in [0.1, 0.15) is 29.7 Å². The van der Waals surface area contributed by atoms with E-state index < -0.39 is 0 Å². The predicted molar refractivity (Wildman–Crippen MR) is 104 cm³/mol. The van der Waals surface area contributed by atoms with E-state index >= 15 is 0 Å². The fraction of sp³-hybridized carbons (Fsp3) is 0.409. The number of nitrogens with zero attached hydrogens (tertiary/aromatic N) is 2. The number of likely N-dealkylation sites (N-methyl/N-ethyl adjacent to an activating group) is 1. The number of carbonyl (C=O) groups is 1. The van der Waals surface area contributed by atoms with Crippen LogP contribution in [0.4, 0.5) is 0 Å². The van der Waals surface area contributed by atoms with Crippen LogP contribution >= 0.6 is 0 Å². The molecule has 1 heterocycles. The Bertz CT molecular complexity index is 745. The van der Waals surface area contributed by atoms with E-state index in [2.05, 4.69) is 42.3 Å². The van der Waals surface area contributed by atoms with E-state index in [1.165, 1.54) is 16.7 Å². The van der Waals surface area contributed by atoms with Gasteiger partial charge in [-0.25, -0.2) is 0 Å². The van der Waals surface area contributed by atoms with Crippen LogP contribution in [0.3, 0.4) is 0 Å². The summed E-state index contributed by atoms with van der Waals surface area (Å²) in [6.45, 7) is 4.21. The molecule has 0 bridgehead atoms. The van der Waals surface area contributed by atoms with E-state index in [1.54, 1.807) is 14.0 Å². The molecule has 2 aromatic rings. The molecule has 26 heavy (non-hydrogen) atoms. The van der Waals surface area contributed by atoms with E-state index in [0.29, 0.717) is 0 Å². The highest BCUT2D eigenvalue weighted by atomic mass is 16.5. The summed E-state index contributed by atoms with van der Waals surface area (Å²) < 4.78 is 5.55. The number of methoxy groups -OCH3 is 1. The number of ether oxygens (including phenoxy) is 1. The summed E-state index contributed by atoms with van der Waals surface area (Å²) in [7, 11) is 3.85. The van der Waals surface area contributed by atoms with E-state index in [4.69, 9.17) is 4.74 Å². The Labute approximate surface area is 156 Å². The SMILES string of the molecule is COc1cccc2c1CCN(C(C)=O)C2CN(C)CCc1ccccc1. The Balaban J connectivity index is 1.76. The highest BCUT2D eigenvalue weighted by Crippen LogP contribution is 2.35. The monoisotopic (exact) mass is 352 g/mol. The van der Waals surface area contributed by atoms with Gasteiger partial charge in [-0.2, -0.15) is 0 Å². The summed E-state index contributed by atoms with van der Waals surface area (Å²) >= 11 is 0. The largest absolute Gasteiger partial charge is 0.496 e. The van der Waals surface area contributed by atoms with Crippen LogP contribution in [0.15, 0.2) is 48.5 Å². The molecule has 1 aliphatic heterocycles. The average Bonchev–Trinajstić information content (AvgIpc) is 2.66. The molecule has 0 aliphatic carbocycles. The number of amides is 1. The first-order chi connectivity index (χ1) is 12.6. The maximum absolute atomic E-state index is 12.2. The van der Waals surface area contributed by atoms with Gasteiger partial charge in [-0.15, -0.1) is 0 Å². The van der Waals surface area contributed by atoms with Gasteiger partial charge in [-0.1, -0.05) is 42.5 Å². The zero-order chi connectivity index (χ0) is 18.5. The van der Waals surface area contributed by atoms with Crippen LogP contribution < -0.4 is 4.74 Å². The van der Waals surface area contributed by atoms with Crippen molar-refractivity contribution in [2.75, 3.05) is 33.8 Å². The van der Waals surface area contributed by atoms with E-state index in [-0.39, 0.29) is 11.9 Å². The van der Waals surface area contributed by atoms with Crippen LogP contribution in [-0.4, -0.2) is 49.5 Å². The van der Waals surface area contributed by atoms with Gasteiger partial charge in [0.1, 0.15) is 5.75 Å². The third-order valence-electron chi connectivity index (χ3n) is 5.24. The standard InChI is InChI=1S/C22H28N2O2/c1-17(25)24-15-13-20-19(10-7-11-22(20)26-3)21(24)16-23(2)14-12-18-8-5-4-6-9-18/h4-11,21H,12-16H2,1-3H3. The molecule has 0 spiro atoms. The van der Waals surface area contributed by atoms with Gasteiger partial charge in [0.05, 0.1) is 13.2 Å². The Morgan fingerprint density at radius 1 is 1.19 bits per heavy atom. The molecule has 1 atom stereocenters. The second-order valence-corrected chi connectivity index (χ2v) is 7.00. The van der Waals surface area contributed by atoms with Crippen molar-refractivity contribution in [2.24, 2.45) is 0 Å². The van der Waals surface area contributed by atoms with Gasteiger partial charge < -0.3 is 14.5 Å². The van der Waals surface area contributed by atoms with E-state index in [9.17, 15) is 4.79 Å². The van der Waals surface area contributed by atoms with Gasteiger partial charge in [0.15, 0.2) is 0 Å². The van der Waals surface area contributed by atoms with Crippen LogP contribution in [0, 0.1) is 0 Å². The lowest BCUT2D eigenvalue weighted by Gasteiger charge is -2.39. The van der Waals surface area contributed by atoms with Crippen molar-refractivity contribution in [3.05, 3.63) is 65.2 Å². The molecule has 0 saturated heterocycles. The van der Waals surface area contributed by atoms with Gasteiger partial charge in [0, 0.05) is 32.1 Å². The smallest absolute Gasteiger partial charge is 0.220 e. The minimum atomic E-state index is 0.0760. The minimum absolute atomic E-state index is 0.0760. The number of rotatable bonds is 6. The zero-order valence-electron chi connectivity index (χ0n) is 15.9. The highest BCUT2D eigenvalue weighted by molar-refractivity contribution is 5.74. The van der Waals surface area contributed by atoms with E-state index in [1.807, 2.05) is 23.1 Å². The fourth-order valence-corrected chi connectivity index (χ4v) is 3.83. The summed E-state index contributed by atoms with van der Waals surface area (Å²) in [4.78, 5) is 16.5. The molecule has 1 unspecified atom stereocenters. The average molecular weight is 352 g/mol. The van der Waals surface area contributed by atoms with Crippen molar-refractivity contribution in [1.29, 1.82) is 0 Å². The highest BCUT2D eigenvalue weighted by Gasteiger charge is 2.31. The predicted octanol–water partition coefficient (Wildman–Crippen LogP) is 3.32. The van der Waals surface area contributed by atoms with Crippen molar-refractivity contribution >= 4 is 5.91 Å². The molecular formula is C22H28N2O2. The summed E-state index contributed by atoms with van der Waals surface area (Å²) in [6, 6.07) is 16.8. The topological polar surface area (TPSA) is 32.8 Å². The van der Waals surface area contributed by atoms with Crippen molar-refractivity contribution in [3.63, 3.8) is 0 Å². The molecule has 3 rings (SSSR count). The summed E-state index contributed by atoms with van der Waals surface area (Å²) in [5.41, 5.74) is 3.81. The molecule has 1 amide bonds. The molecule has 0 radical (unpaired) electrons. The van der Waals surface area contributed by atoms with E-state index in [0.717, 1.165) is 38.2 Å². The molecule has 0 N–H and O–H groups in total. The van der Waals surface area contributed by atoms with Crippen LogP contribution in [-0.2, 0) is 17.6 Å². The van der Waals surface area contributed by atoms with Gasteiger partial charge in [0.25, 0.3) is 0 Å². The van der Waals surface area contributed by atoms with Crippen molar-refractivity contribution < 1.29 is 9.53 Å². The lowest BCUT2D eigenvalue weighted by molar-refractivity contribution is -0.132. The Morgan fingerprint density at radius 2 is 1.96 bits per heavy atom. The van der Waals surface area contributed by atoms with Crippen molar-refractivity contribution in [2.45, 2.75) is 25.8 Å². The molecule has 0 fully saturated rings. The lowest BCUT2D eigenvalue weighted by atomic mass is 9.91. The molecule has 138 valence electrons. The van der Waals surface area contributed by atoms with Crippen LogP contribution in [0.5, 0.6) is 5.75 Å². The molecule has 4 nitrogen and oxygen atoms in total. The second kappa shape index (κ2) is 8.37.